The van der Waals surface area contributed by atoms with Gasteiger partial charge in [-0.25, -0.2) is 18.6 Å². The van der Waals surface area contributed by atoms with Crippen molar-refractivity contribution in [3.63, 3.8) is 0 Å². The Balaban J connectivity index is 2.34. The fourth-order valence-electron chi connectivity index (χ4n) is 1.34. The molecule has 106 valence electrons. The van der Waals surface area contributed by atoms with Crippen LogP contribution in [0.2, 0.25) is 5.15 Å². The minimum Gasteiger partial charge on any atom is -0.465 e. The van der Waals surface area contributed by atoms with Gasteiger partial charge < -0.3 is 10.1 Å². The number of nitrogens with one attached hydrogen (secondary N) is 1. The summed E-state index contributed by atoms with van der Waals surface area (Å²) < 4.78 is 32.1. The van der Waals surface area contributed by atoms with E-state index in [9.17, 15) is 13.6 Å². The molecule has 1 aromatic heterocycles. The number of ether oxygens (including phenoxy) is 1. The van der Waals surface area contributed by atoms with Gasteiger partial charge in [-0.15, -0.1) is 0 Å². The molecule has 1 N–H and O–H groups in total. The number of thiazole rings is 1. The van der Waals surface area contributed by atoms with Crippen LogP contribution in [0.25, 0.3) is 0 Å². The molecule has 0 amide bonds. The number of esters is 1. The molecule has 0 saturated heterocycles. The Kier molecular flexibility index (Phi) is 4.56. The first-order valence-electron chi connectivity index (χ1n) is 5.08. The van der Waals surface area contributed by atoms with Crippen molar-refractivity contribution in [3.8, 4) is 0 Å². The van der Waals surface area contributed by atoms with Gasteiger partial charge in [-0.3, -0.25) is 0 Å². The molecule has 1 heterocycles. The summed E-state index contributed by atoms with van der Waals surface area (Å²) in [5.74, 6) is -2.28. The average Bonchev–Trinajstić information content (AvgIpc) is 2.74. The van der Waals surface area contributed by atoms with Crippen LogP contribution in [0.3, 0.4) is 0 Å². The van der Waals surface area contributed by atoms with Gasteiger partial charge in [0, 0.05) is 4.47 Å². The van der Waals surface area contributed by atoms with Crippen molar-refractivity contribution in [1.82, 2.24) is 4.98 Å². The van der Waals surface area contributed by atoms with Crippen LogP contribution in [-0.4, -0.2) is 18.1 Å². The van der Waals surface area contributed by atoms with Crippen molar-refractivity contribution in [2.75, 3.05) is 12.4 Å². The predicted octanol–water partition coefficient (Wildman–Crippen LogP) is 4.37. The third-order valence-corrected chi connectivity index (χ3v) is 3.99. The maximum Gasteiger partial charge on any atom is 0.351 e. The normalized spacial score (nSPS) is 10.4. The number of hydrogen-bond acceptors (Lipinski definition) is 5. The number of aromatic nitrogens is 1. The van der Waals surface area contributed by atoms with Gasteiger partial charge >= 0.3 is 5.97 Å². The lowest BCUT2D eigenvalue weighted by atomic mass is 10.3. The highest BCUT2D eigenvalue weighted by Gasteiger charge is 2.19. The van der Waals surface area contributed by atoms with E-state index in [0.717, 1.165) is 23.5 Å². The molecular weight excluding hydrogens is 378 g/mol. The highest BCUT2D eigenvalue weighted by Crippen LogP contribution is 2.32. The van der Waals surface area contributed by atoms with E-state index in [2.05, 4.69) is 31.0 Å². The van der Waals surface area contributed by atoms with Gasteiger partial charge in [0.05, 0.1) is 7.11 Å². The summed E-state index contributed by atoms with van der Waals surface area (Å²) in [5.41, 5.74) is -0.380. The van der Waals surface area contributed by atoms with Gasteiger partial charge in [-0.1, -0.05) is 38.9 Å². The zero-order chi connectivity index (χ0) is 14.9. The van der Waals surface area contributed by atoms with Crippen molar-refractivity contribution >= 4 is 55.7 Å². The fourth-order valence-corrected chi connectivity index (χ4v) is 2.85. The number of methoxy groups -OCH3 is 1. The van der Waals surface area contributed by atoms with Crippen molar-refractivity contribution in [2.45, 2.75) is 0 Å². The summed E-state index contributed by atoms with van der Waals surface area (Å²) in [5, 5.41) is 2.44. The van der Waals surface area contributed by atoms with Crippen molar-refractivity contribution in [1.29, 1.82) is 0 Å². The molecule has 0 unspecified atom stereocenters. The van der Waals surface area contributed by atoms with Crippen LogP contribution in [0.5, 0.6) is 0 Å². The van der Waals surface area contributed by atoms with Gasteiger partial charge in [0.2, 0.25) is 0 Å². The molecule has 20 heavy (non-hydrogen) atoms. The van der Waals surface area contributed by atoms with Crippen molar-refractivity contribution in [3.05, 3.63) is 38.3 Å². The van der Waals surface area contributed by atoms with Gasteiger partial charge in [0.25, 0.3) is 0 Å². The van der Waals surface area contributed by atoms with E-state index in [1.807, 2.05) is 0 Å². The van der Waals surface area contributed by atoms with E-state index >= 15 is 0 Å². The summed E-state index contributed by atoms with van der Waals surface area (Å²) in [6, 6.07) is 2.20. The zero-order valence-electron chi connectivity index (χ0n) is 9.84. The summed E-state index contributed by atoms with van der Waals surface area (Å²) in [6.45, 7) is 0. The second-order valence-corrected chi connectivity index (χ2v) is 5.77. The summed E-state index contributed by atoms with van der Waals surface area (Å²) in [6.07, 6.45) is 0. The molecule has 0 bridgehead atoms. The number of nitrogens with zero attached hydrogens (tertiary/aromatic N) is 1. The number of benzene rings is 1. The van der Waals surface area contributed by atoms with Crippen LogP contribution < -0.4 is 5.32 Å². The topological polar surface area (TPSA) is 51.2 Å². The maximum absolute atomic E-state index is 13.6. The summed E-state index contributed by atoms with van der Waals surface area (Å²) in [7, 11) is 1.19. The van der Waals surface area contributed by atoms with Crippen LogP contribution in [0.4, 0.5) is 19.6 Å². The summed E-state index contributed by atoms with van der Waals surface area (Å²) in [4.78, 5) is 15.2. The Hall–Kier alpha value is -1.25. The number of rotatable bonds is 3. The van der Waals surface area contributed by atoms with E-state index in [1.165, 1.54) is 7.11 Å². The van der Waals surface area contributed by atoms with Crippen LogP contribution in [0.15, 0.2) is 16.6 Å². The zero-order valence-corrected chi connectivity index (χ0v) is 13.0. The molecular formula is C11H6BrClF2N2O2S. The fraction of sp³-hybridized carbons (Fsp3) is 0.0909. The number of anilines is 2. The highest BCUT2D eigenvalue weighted by molar-refractivity contribution is 9.10. The largest absolute Gasteiger partial charge is 0.465 e. The lowest BCUT2D eigenvalue weighted by Gasteiger charge is -2.06. The maximum atomic E-state index is 13.6. The molecule has 0 aliphatic carbocycles. The number of carbonyl (C=O) groups excluding carboxylic acids is 1. The molecule has 2 rings (SSSR count). The molecule has 0 atom stereocenters. The lowest BCUT2D eigenvalue weighted by Crippen LogP contribution is -1.98. The molecule has 0 radical (unpaired) electrons. The Morgan fingerprint density at radius 1 is 1.45 bits per heavy atom. The van der Waals surface area contributed by atoms with Gasteiger partial charge in [0.15, 0.2) is 26.8 Å². The number of carbonyl (C=O) groups is 1. The van der Waals surface area contributed by atoms with Crippen molar-refractivity contribution in [2.24, 2.45) is 0 Å². The first-order chi connectivity index (χ1) is 9.42. The third kappa shape index (κ3) is 3.08. The smallest absolute Gasteiger partial charge is 0.351 e. The number of halogens is 4. The molecule has 0 aliphatic rings. The van der Waals surface area contributed by atoms with E-state index in [1.54, 1.807) is 0 Å². The standard InChI is InChI=1S/C11H6BrClF2N2O2S/c1-19-10(18)8-9(13)17-11(20-8)16-7-5(14)2-4(12)3-6(7)15/h2-3H,1H3,(H,16,17). The Morgan fingerprint density at radius 3 is 2.60 bits per heavy atom. The Morgan fingerprint density at radius 2 is 2.05 bits per heavy atom. The van der Waals surface area contributed by atoms with Crippen LogP contribution in [0.1, 0.15) is 9.67 Å². The second-order valence-electron chi connectivity index (χ2n) is 3.50. The molecule has 0 aliphatic heterocycles. The van der Waals surface area contributed by atoms with Crippen molar-refractivity contribution < 1.29 is 18.3 Å². The van der Waals surface area contributed by atoms with E-state index < -0.39 is 17.6 Å². The second kappa shape index (κ2) is 6.02. The first kappa shape index (κ1) is 15.1. The third-order valence-electron chi connectivity index (χ3n) is 2.20. The Labute approximate surface area is 129 Å². The van der Waals surface area contributed by atoms with Crippen LogP contribution in [-0.2, 0) is 4.74 Å². The van der Waals surface area contributed by atoms with Gasteiger partial charge in [-0.05, 0) is 12.1 Å². The summed E-state index contributed by atoms with van der Waals surface area (Å²) >= 11 is 9.56. The van der Waals surface area contributed by atoms with Crippen LogP contribution in [0, 0.1) is 11.6 Å². The first-order valence-corrected chi connectivity index (χ1v) is 7.07. The predicted molar refractivity (Wildman–Crippen MR) is 75.8 cm³/mol. The average molecular weight is 384 g/mol. The SMILES string of the molecule is COC(=O)c1sc(Nc2c(F)cc(Br)cc2F)nc1Cl. The van der Waals surface area contributed by atoms with E-state index in [-0.39, 0.29) is 25.3 Å². The minimum atomic E-state index is -0.803. The van der Waals surface area contributed by atoms with Gasteiger partial charge in [0.1, 0.15) is 5.69 Å². The molecule has 9 heteroatoms. The molecule has 0 spiro atoms. The molecule has 0 fully saturated rings. The highest BCUT2D eigenvalue weighted by atomic mass is 79.9. The molecule has 4 nitrogen and oxygen atoms in total. The minimum absolute atomic E-state index is 0.0506. The lowest BCUT2D eigenvalue weighted by molar-refractivity contribution is 0.0606. The van der Waals surface area contributed by atoms with E-state index in [4.69, 9.17) is 11.6 Å². The Bertz CT molecular complexity index is 657. The molecule has 2 aromatic rings. The van der Waals surface area contributed by atoms with Gasteiger partial charge in [-0.2, -0.15) is 0 Å². The van der Waals surface area contributed by atoms with E-state index in [0.29, 0.717) is 0 Å². The number of hydrogen-bond donors (Lipinski definition) is 1. The molecule has 1 aromatic carbocycles. The van der Waals surface area contributed by atoms with Crippen LogP contribution >= 0.6 is 38.9 Å². The molecule has 0 saturated carbocycles. The quantitative estimate of drug-likeness (QED) is 0.800. The monoisotopic (exact) mass is 382 g/mol.